The van der Waals surface area contributed by atoms with Gasteiger partial charge in [0.15, 0.2) is 26.6 Å². The molecule has 3 aromatic rings. The lowest BCUT2D eigenvalue weighted by Gasteiger charge is -2.23. The number of hydrogen-bond donors (Lipinski definition) is 1. The van der Waals surface area contributed by atoms with E-state index in [0.29, 0.717) is 13.2 Å². The molecule has 4 rings (SSSR count). The quantitative estimate of drug-likeness (QED) is 0.321. The van der Waals surface area contributed by atoms with Crippen LogP contribution in [-0.4, -0.2) is 37.5 Å². The molecule has 0 spiro atoms. The zero-order chi connectivity index (χ0) is 25.3. The van der Waals surface area contributed by atoms with Gasteiger partial charge in [0.2, 0.25) is 0 Å². The van der Waals surface area contributed by atoms with Gasteiger partial charge in [0.25, 0.3) is 0 Å². The highest BCUT2D eigenvalue weighted by molar-refractivity contribution is 7.97. The van der Waals surface area contributed by atoms with E-state index in [9.17, 15) is 17.2 Å². The van der Waals surface area contributed by atoms with Gasteiger partial charge in [0.1, 0.15) is 5.75 Å². The van der Waals surface area contributed by atoms with E-state index in [1.54, 1.807) is 12.1 Å². The van der Waals surface area contributed by atoms with Gasteiger partial charge in [-0.15, -0.1) is 0 Å². The highest BCUT2D eigenvalue weighted by Crippen LogP contribution is 2.37. The molecule has 1 heterocycles. The Kier molecular flexibility index (Phi) is 7.21. The Morgan fingerprint density at radius 3 is 2.11 bits per heavy atom. The molecule has 0 aromatic heterocycles. The van der Waals surface area contributed by atoms with Crippen molar-refractivity contribution in [1.29, 1.82) is 0 Å². The fourth-order valence-corrected chi connectivity index (χ4v) is 6.27. The summed E-state index contributed by atoms with van der Waals surface area (Å²) in [5.74, 6) is -0.774. The summed E-state index contributed by atoms with van der Waals surface area (Å²) < 4.78 is 75.3. The molecule has 10 heteroatoms. The number of halogens is 2. The van der Waals surface area contributed by atoms with E-state index >= 15 is 0 Å². The predicted octanol–water partition coefficient (Wildman–Crippen LogP) is 5.25. The molecule has 1 aliphatic rings. The number of alkyl halides is 2. The number of rotatable bonds is 8. The Balaban J connectivity index is 1.67. The lowest BCUT2D eigenvalue weighted by atomic mass is 10.1. The van der Waals surface area contributed by atoms with Crippen molar-refractivity contribution in [2.75, 3.05) is 13.2 Å². The van der Waals surface area contributed by atoms with Crippen LogP contribution in [0.2, 0.25) is 0 Å². The molecule has 3 aromatic carbocycles. The van der Waals surface area contributed by atoms with E-state index in [1.807, 2.05) is 61.5 Å². The molecule has 0 amide bonds. The van der Waals surface area contributed by atoms with Crippen molar-refractivity contribution in [3.05, 3.63) is 84.4 Å². The summed E-state index contributed by atoms with van der Waals surface area (Å²) in [6, 6.07) is 24.3. The summed E-state index contributed by atoms with van der Waals surface area (Å²) in [5.41, 5.74) is 0.891. The van der Waals surface area contributed by atoms with Crippen LogP contribution in [-0.2, 0) is 36.3 Å². The highest BCUT2D eigenvalue weighted by Gasteiger charge is 2.51. The number of hydrogen-bond acceptors (Lipinski definition) is 5. The van der Waals surface area contributed by atoms with E-state index in [2.05, 4.69) is 0 Å². The molecule has 0 bridgehead atoms. The van der Waals surface area contributed by atoms with Crippen LogP contribution in [0.3, 0.4) is 0 Å². The number of ether oxygens (including phenoxy) is 3. The molecule has 0 saturated carbocycles. The first-order valence-electron chi connectivity index (χ1n) is 10.8. The van der Waals surface area contributed by atoms with Crippen molar-refractivity contribution >= 4 is 21.0 Å². The standard InChI is InChI=1S/C25H24F2O6S2/c1-18(25(26,27)35(28,29)30)33-20-11-13-22(14-12-20)34(21-8-4-3-5-9-21)23-10-6-7-19(17-23)24(2)31-15-16-32-24/h3-14,17-18H,15-16H2,1-2H3/p+1. The monoisotopic (exact) mass is 523 g/mol. The van der Waals surface area contributed by atoms with E-state index in [1.165, 1.54) is 12.1 Å². The van der Waals surface area contributed by atoms with Crippen molar-refractivity contribution in [2.45, 2.75) is 45.7 Å². The molecule has 1 N–H and O–H groups in total. The van der Waals surface area contributed by atoms with E-state index in [0.717, 1.165) is 27.2 Å². The molecule has 2 atom stereocenters. The third kappa shape index (κ3) is 5.36. The third-order valence-electron chi connectivity index (χ3n) is 5.60. The van der Waals surface area contributed by atoms with Gasteiger partial charge in [0, 0.05) is 11.6 Å². The van der Waals surface area contributed by atoms with Crippen LogP contribution >= 0.6 is 0 Å². The molecule has 0 aliphatic carbocycles. The predicted molar refractivity (Wildman–Crippen MR) is 127 cm³/mol. The lowest BCUT2D eigenvalue weighted by molar-refractivity contribution is -0.149. The van der Waals surface area contributed by atoms with E-state index < -0.39 is 38.2 Å². The first kappa shape index (κ1) is 25.6. The maximum absolute atomic E-state index is 13.9. The lowest BCUT2D eigenvalue weighted by Crippen LogP contribution is -2.42. The number of benzene rings is 3. The van der Waals surface area contributed by atoms with E-state index in [-0.39, 0.29) is 5.75 Å². The highest BCUT2D eigenvalue weighted by atomic mass is 32.2. The molecule has 0 radical (unpaired) electrons. The van der Waals surface area contributed by atoms with Crippen LogP contribution in [0.5, 0.6) is 5.75 Å². The minimum atomic E-state index is -5.61. The summed E-state index contributed by atoms with van der Waals surface area (Å²) in [7, 11) is -6.16. The van der Waals surface area contributed by atoms with Gasteiger partial charge in [-0.25, -0.2) is 0 Å². The van der Waals surface area contributed by atoms with Gasteiger partial charge in [-0.05, 0) is 56.3 Å². The SMILES string of the molecule is CC(Oc1ccc([S+](c2ccccc2)c2cccc(C3(C)OCCO3)c2)cc1)C(F)(F)S(=O)(=O)O. The van der Waals surface area contributed by atoms with Crippen LogP contribution in [0.15, 0.2) is 93.5 Å². The Hall–Kier alpha value is -2.50. The molecule has 6 nitrogen and oxygen atoms in total. The zero-order valence-electron chi connectivity index (χ0n) is 19.1. The third-order valence-corrected chi connectivity index (χ3v) is 8.83. The molecule has 35 heavy (non-hydrogen) atoms. The van der Waals surface area contributed by atoms with Gasteiger partial charge >= 0.3 is 15.4 Å². The second-order valence-electron chi connectivity index (χ2n) is 8.06. The normalized spacial score (nSPS) is 17.6. The Labute approximate surface area is 205 Å². The summed E-state index contributed by atoms with van der Waals surface area (Å²) in [4.78, 5) is 2.95. The van der Waals surface area contributed by atoms with Crippen molar-refractivity contribution in [3.8, 4) is 5.75 Å². The molecular formula is C25H25F2O6S2+. The van der Waals surface area contributed by atoms with Crippen molar-refractivity contribution < 1.29 is 36.0 Å². The van der Waals surface area contributed by atoms with E-state index in [4.69, 9.17) is 18.8 Å². The molecule has 1 fully saturated rings. The minimum absolute atomic E-state index is 0.0511. The molecule has 2 unspecified atom stereocenters. The van der Waals surface area contributed by atoms with Gasteiger partial charge in [-0.1, -0.05) is 30.3 Å². The molecule has 186 valence electrons. The maximum atomic E-state index is 13.9. The zero-order valence-corrected chi connectivity index (χ0v) is 20.7. The van der Waals surface area contributed by atoms with Gasteiger partial charge in [-0.2, -0.15) is 17.2 Å². The molecular weight excluding hydrogens is 498 g/mol. The van der Waals surface area contributed by atoms with Crippen LogP contribution in [0.1, 0.15) is 19.4 Å². The second-order valence-corrected chi connectivity index (χ2v) is 11.6. The summed E-state index contributed by atoms with van der Waals surface area (Å²) in [5, 5.41) is -4.44. The van der Waals surface area contributed by atoms with Crippen molar-refractivity contribution in [2.24, 2.45) is 0 Å². The van der Waals surface area contributed by atoms with Crippen LogP contribution < -0.4 is 4.74 Å². The summed E-state index contributed by atoms with van der Waals surface area (Å²) in [6.45, 7) is 3.80. The van der Waals surface area contributed by atoms with Gasteiger partial charge < -0.3 is 14.2 Å². The fourth-order valence-electron chi connectivity index (χ4n) is 3.69. The fraction of sp³-hybridized carbons (Fsp3) is 0.280. The average molecular weight is 524 g/mol. The molecule has 1 saturated heterocycles. The van der Waals surface area contributed by atoms with Crippen molar-refractivity contribution in [3.63, 3.8) is 0 Å². The average Bonchev–Trinajstić information content (AvgIpc) is 3.28. The Morgan fingerprint density at radius 2 is 1.51 bits per heavy atom. The topological polar surface area (TPSA) is 82.1 Å². The first-order chi connectivity index (χ1) is 16.5. The Bertz CT molecular complexity index is 1260. The van der Waals surface area contributed by atoms with Gasteiger partial charge in [0.05, 0.1) is 24.1 Å². The van der Waals surface area contributed by atoms with Crippen LogP contribution in [0.4, 0.5) is 8.78 Å². The first-order valence-corrected chi connectivity index (χ1v) is 13.5. The summed E-state index contributed by atoms with van der Waals surface area (Å²) in [6.07, 6.45) is -2.08. The second kappa shape index (κ2) is 9.87. The largest absolute Gasteiger partial charge is 0.483 e. The smallest absolute Gasteiger partial charge is 0.405 e. The van der Waals surface area contributed by atoms with Crippen molar-refractivity contribution in [1.82, 2.24) is 0 Å². The molecule has 1 aliphatic heterocycles. The van der Waals surface area contributed by atoms with Gasteiger partial charge in [-0.3, -0.25) is 4.55 Å². The summed E-state index contributed by atoms with van der Waals surface area (Å²) >= 11 is 0. The van der Waals surface area contributed by atoms with Crippen LogP contribution in [0, 0.1) is 0 Å². The van der Waals surface area contributed by atoms with Crippen LogP contribution in [0.25, 0.3) is 0 Å². The Morgan fingerprint density at radius 1 is 0.943 bits per heavy atom. The maximum Gasteiger partial charge on any atom is 0.405 e. The minimum Gasteiger partial charge on any atom is -0.483 e.